The van der Waals surface area contributed by atoms with E-state index in [4.69, 9.17) is 0 Å². The topological polar surface area (TPSA) is 86.8 Å². The first kappa shape index (κ1) is 32.3. The van der Waals surface area contributed by atoms with Crippen molar-refractivity contribution in [3.05, 3.63) is 94.5 Å². The number of carbonyl (C=O) groups is 2. The van der Waals surface area contributed by atoms with Gasteiger partial charge in [-0.1, -0.05) is 79.8 Å². The summed E-state index contributed by atoms with van der Waals surface area (Å²) < 4.78 is 29.5. The lowest BCUT2D eigenvalue weighted by Crippen LogP contribution is -2.54. The van der Waals surface area contributed by atoms with E-state index in [1.54, 1.807) is 41.3 Å². The highest BCUT2D eigenvalue weighted by atomic mass is 32.2. The molecule has 1 saturated carbocycles. The molecule has 7 nitrogen and oxygen atoms in total. The van der Waals surface area contributed by atoms with Crippen molar-refractivity contribution in [2.45, 2.75) is 96.7 Å². The van der Waals surface area contributed by atoms with Crippen LogP contribution < -0.4 is 9.62 Å². The lowest BCUT2D eigenvalue weighted by molar-refractivity contribution is -0.140. The summed E-state index contributed by atoms with van der Waals surface area (Å²) in [4.78, 5) is 29.7. The van der Waals surface area contributed by atoms with Crippen molar-refractivity contribution >= 4 is 27.5 Å². The molecule has 43 heavy (non-hydrogen) atoms. The fourth-order valence-electron chi connectivity index (χ4n) is 5.81. The molecule has 0 unspecified atom stereocenters. The van der Waals surface area contributed by atoms with Gasteiger partial charge in [0.25, 0.3) is 10.0 Å². The first-order valence-corrected chi connectivity index (χ1v) is 16.7. The number of carbonyl (C=O) groups excluding carboxylic acids is 2. The molecule has 1 fully saturated rings. The van der Waals surface area contributed by atoms with Crippen LogP contribution in [-0.2, 0) is 26.2 Å². The molecular formula is C35H45N3O4S. The van der Waals surface area contributed by atoms with Gasteiger partial charge in [0.05, 0.1) is 10.6 Å². The maximum Gasteiger partial charge on any atom is 0.264 e. The molecule has 1 atom stereocenters. The Balaban J connectivity index is 1.72. The van der Waals surface area contributed by atoms with E-state index in [-0.39, 0.29) is 23.4 Å². The van der Waals surface area contributed by atoms with Crippen LogP contribution in [0.15, 0.2) is 71.6 Å². The van der Waals surface area contributed by atoms with Gasteiger partial charge < -0.3 is 10.2 Å². The Bertz CT molecular complexity index is 1490. The van der Waals surface area contributed by atoms with Crippen molar-refractivity contribution in [1.29, 1.82) is 0 Å². The van der Waals surface area contributed by atoms with Gasteiger partial charge in [0, 0.05) is 12.6 Å². The lowest BCUT2D eigenvalue weighted by Gasteiger charge is -2.34. The van der Waals surface area contributed by atoms with E-state index in [9.17, 15) is 18.0 Å². The van der Waals surface area contributed by atoms with Crippen molar-refractivity contribution < 1.29 is 18.0 Å². The number of hydrogen-bond acceptors (Lipinski definition) is 4. The van der Waals surface area contributed by atoms with Crippen molar-refractivity contribution in [2.75, 3.05) is 10.8 Å². The van der Waals surface area contributed by atoms with E-state index in [0.29, 0.717) is 12.1 Å². The quantitative estimate of drug-likeness (QED) is 0.276. The lowest BCUT2D eigenvalue weighted by atomic mass is 9.95. The molecule has 2 amide bonds. The van der Waals surface area contributed by atoms with Crippen LogP contribution in [0.3, 0.4) is 0 Å². The molecule has 0 spiro atoms. The molecule has 8 heteroatoms. The zero-order chi connectivity index (χ0) is 31.1. The molecule has 1 N–H and O–H groups in total. The second-order valence-corrected chi connectivity index (χ2v) is 13.8. The number of hydrogen-bond donors (Lipinski definition) is 1. The standard InChI is InChI=1S/C35H45N3O4S/c1-6-33(35(40)36-30-10-8-7-9-11-30)37(23-29-16-12-25(2)13-17-29)34(39)24-38(31-21-27(4)20-28(5)22-31)43(41,42)32-18-14-26(3)15-19-32/h12-22,30,33H,6-11,23-24H2,1-5H3,(H,36,40)/t33-/m1/s1. The van der Waals surface area contributed by atoms with Gasteiger partial charge in [0.1, 0.15) is 12.6 Å². The zero-order valence-corrected chi connectivity index (χ0v) is 26.9. The molecule has 1 aliphatic rings. The molecule has 0 heterocycles. The van der Waals surface area contributed by atoms with Gasteiger partial charge in [-0.15, -0.1) is 0 Å². The summed E-state index contributed by atoms with van der Waals surface area (Å²) in [7, 11) is -4.10. The van der Waals surface area contributed by atoms with Crippen molar-refractivity contribution in [2.24, 2.45) is 0 Å². The van der Waals surface area contributed by atoms with Crippen LogP contribution in [0, 0.1) is 27.7 Å². The fraction of sp³-hybridized carbons (Fsp3) is 0.429. The van der Waals surface area contributed by atoms with Gasteiger partial charge in [-0.2, -0.15) is 0 Å². The summed E-state index contributed by atoms with van der Waals surface area (Å²) in [5.41, 5.74) is 5.10. The van der Waals surface area contributed by atoms with Crippen LogP contribution in [0.5, 0.6) is 0 Å². The third-order valence-corrected chi connectivity index (χ3v) is 9.98. The highest BCUT2D eigenvalue weighted by Crippen LogP contribution is 2.27. The van der Waals surface area contributed by atoms with E-state index in [1.807, 2.05) is 65.0 Å². The number of benzene rings is 3. The number of aryl methyl sites for hydroxylation is 4. The SMILES string of the molecule is CC[C@H](C(=O)NC1CCCCC1)N(Cc1ccc(C)cc1)C(=O)CN(c1cc(C)cc(C)c1)S(=O)(=O)c1ccc(C)cc1. The summed E-state index contributed by atoms with van der Waals surface area (Å²) in [5, 5.41) is 3.20. The Morgan fingerprint density at radius 2 is 1.37 bits per heavy atom. The smallest absolute Gasteiger partial charge is 0.264 e. The van der Waals surface area contributed by atoms with E-state index < -0.39 is 28.5 Å². The fourth-order valence-corrected chi connectivity index (χ4v) is 7.21. The second-order valence-electron chi connectivity index (χ2n) is 11.9. The summed E-state index contributed by atoms with van der Waals surface area (Å²) in [5.74, 6) is -0.615. The van der Waals surface area contributed by atoms with Gasteiger partial charge in [0.15, 0.2) is 0 Å². The van der Waals surface area contributed by atoms with E-state index in [2.05, 4.69) is 5.32 Å². The molecule has 4 rings (SSSR count). The molecule has 0 bridgehead atoms. The van der Waals surface area contributed by atoms with Gasteiger partial charge in [-0.3, -0.25) is 13.9 Å². The van der Waals surface area contributed by atoms with Crippen molar-refractivity contribution in [3.63, 3.8) is 0 Å². The maximum absolute atomic E-state index is 14.3. The number of nitrogens with zero attached hydrogens (tertiary/aromatic N) is 2. The van der Waals surface area contributed by atoms with Crippen LogP contribution in [0.4, 0.5) is 5.69 Å². The first-order valence-electron chi connectivity index (χ1n) is 15.3. The molecule has 0 aromatic heterocycles. The Hall–Kier alpha value is -3.65. The van der Waals surface area contributed by atoms with Gasteiger partial charge in [-0.25, -0.2) is 8.42 Å². The average Bonchev–Trinajstić information content (AvgIpc) is 2.97. The maximum atomic E-state index is 14.3. The molecule has 0 aliphatic heterocycles. The minimum absolute atomic E-state index is 0.0975. The molecule has 3 aromatic carbocycles. The van der Waals surface area contributed by atoms with Crippen LogP contribution in [0.1, 0.15) is 73.3 Å². The summed E-state index contributed by atoms with van der Waals surface area (Å²) >= 11 is 0. The molecule has 0 radical (unpaired) electrons. The number of anilines is 1. The van der Waals surface area contributed by atoms with Gasteiger partial charge in [0.2, 0.25) is 11.8 Å². The molecule has 0 saturated heterocycles. The van der Waals surface area contributed by atoms with Crippen LogP contribution in [-0.4, -0.2) is 43.8 Å². The summed E-state index contributed by atoms with van der Waals surface area (Å²) in [6.07, 6.45) is 5.60. The van der Waals surface area contributed by atoms with E-state index in [1.165, 1.54) is 10.7 Å². The summed E-state index contributed by atoms with van der Waals surface area (Å²) in [6, 6.07) is 19.4. The normalized spacial score (nSPS) is 14.6. The minimum Gasteiger partial charge on any atom is -0.352 e. The zero-order valence-electron chi connectivity index (χ0n) is 26.1. The second kappa shape index (κ2) is 14.2. The molecule has 230 valence electrons. The Morgan fingerprint density at radius 1 is 0.814 bits per heavy atom. The minimum atomic E-state index is -4.10. The number of sulfonamides is 1. The molecule has 1 aliphatic carbocycles. The Morgan fingerprint density at radius 3 is 1.93 bits per heavy atom. The van der Waals surface area contributed by atoms with Gasteiger partial charge in [-0.05, 0) is 87.9 Å². The highest BCUT2D eigenvalue weighted by molar-refractivity contribution is 7.92. The molecule has 3 aromatic rings. The third-order valence-electron chi connectivity index (χ3n) is 8.19. The van der Waals surface area contributed by atoms with Gasteiger partial charge >= 0.3 is 0 Å². The largest absolute Gasteiger partial charge is 0.352 e. The number of nitrogens with one attached hydrogen (secondary N) is 1. The average molecular weight is 604 g/mol. The molecular weight excluding hydrogens is 558 g/mol. The van der Waals surface area contributed by atoms with Crippen LogP contribution in [0.2, 0.25) is 0 Å². The summed E-state index contributed by atoms with van der Waals surface area (Å²) in [6.45, 7) is 9.36. The monoisotopic (exact) mass is 603 g/mol. The predicted octanol–water partition coefficient (Wildman–Crippen LogP) is 6.37. The Kier molecular flexibility index (Phi) is 10.7. The number of amides is 2. The van der Waals surface area contributed by atoms with Crippen LogP contribution >= 0.6 is 0 Å². The van der Waals surface area contributed by atoms with Crippen molar-refractivity contribution in [3.8, 4) is 0 Å². The highest BCUT2D eigenvalue weighted by Gasteiger charge is 2.34. The van der Waals surface area contributed by atoms with Crippen LogP contribution in [0.25, 0.3) is 0 Å². The Labute approximate surface area is 257 Å². The predicted molar refractivity (Wildman–Crippen MR) is 172 cm³/mol. The number of rotatable bonds is 11. The third kappa shape index (κ3) is 8.25. The van der Waals surface area contributed by atoms with Crippen molar-refractivity contribution in [1.82, 2.24) is 10.2 Å². The van der Waals surface area contributed by atoms with E-state index in [0.717, 1.165) is 53.5 Å². The van der Waals surface area contributed by atoms with E-state index >= 15 is 0 Å². The first-order chi connectivity index (χ1) is 20.5.